The van der Waals surface area contributed by atoms with Crippen molar-refractivity contribution >= 4 is 27.5 Å². The van der Waals surface area contributed by atoms with Crippen LogP contribution in [0.2, 0.25) is 0 Å². The Bertz CT molecular complexity index is 1250. The van der Waals surface area contributed by atoms with Gasteiger partial charge >= 0.3 is 0 Å². The third-order valence-corrected chi connectivity index (χ3v) is 7.01. The maximum atomic E-state index is 12.5. The summed E-state index contributed by atoms with van der Waals surface area (Å²) in [6.45, 7) is 7.23. The normalized spacial score (nSPS) is 12.2. The van der Waals surface area contributed by atoms with Gasteiger partial charge in [-0.25, -0.2) is 8.42 Å². The molecule has 0 saturated carbocycles. The van der Waals surface area contributed by atoms with E-state index in [1.165, 1.54) is 32.8 Å². The predicted molar refractivity (Wildman–Crippen MR) is 158 cm³/mol. The van der Waals surface area contributed by atoms with Gasteiger partial charge in [0.05, 0.1) is 25.2 Å². The van der Waals surface area contributed by atoms with Crippen LogP contribution in [-0.4, -0.2) is 78.7 Å². The fourth-order valence-electron chi connectivity index (χ4n) is 3.54. The van der Waals surface area contributed by atoms with Gasteiger partial charge in [0.1, 0.15) is 11.9 Å². The van der Waals surface area contributed by atoms with Gasteiger partial charge in [-0.1, -0.05) is 24.3 Å². The summed E-state index contributed by atoms with van der Waals surface area (Å²) in [4.78, 5) is 24.2. The molecule has 0 fully saturated rings. The highest BCUT2D eigenvalue weighted by atomic mass is 32.2. The molecule has 2 aromatic rings. The maximum absolute atomic E-state index is 12.5. The zero-order valence-corrected chi connectivity index (χ0v) is 24.7. The number of amides is 2. The summed E-state index contributed by atoms with van der Waals surface area (Å²) in [5, 5.41) is 15.1. The van der Waals surface area contributed by atoms with Crippen molar-refractivity contribution in [2.24, 2.45) is 0 Å². The van der Waals surface area contributed by atoms with Gasteiger partial charge in [0.25, 0.3) is 5.91 Å². The first-order valence-electron chi connectivity index (χ1n) is 12.5. The molecule has 0 aliphatic heterocycles. The number of aliphatic hydroxyl groups is 1. The van der Waals surface area contributed by atoms with Crippen LogP contribution in [0.1, 0.15) is 27.9 Å². The van der Waals surface area contributed by atoms with Crippen LogP contribution in [0.3, 0.4) is 0 Å². The second-order valence-electron chi connectivity index (χ2n) is 8.89. The highest BCUT2D eigenvalue weighted by Gasteiger charge is 2.22. The van der Waals surface area contributed by atoms with Crippen molar-refractivity contribution in [3.05, 3.63) is 84.5 Å². The molecule has 220 valence electrons. The van der Waals surface area contributed by atoms with E-state index in [1.807, 2.05) is 24.3 Å². The Hall–Kier alpha value is -3.67. The molecule has 0 heterocycles. The van der Waals surface area contributed by atoms with Gasteiger partial charge < -0.3 is 25.2 Å². The lowest BCUT2D eigenvalue weighted by Crippen LogP contribution is -2.39. The minimum absolute atomic E-state index is 0.00895. The van der Waals surface area contributed by atoms with Crippen LogP contribution in [0.25, 0.3) is 0 Å². The molecular weight excluding hydrogens is 534 g/mol. The van der Waals surface area contributed by atoms with Gasteiger partial charge in [-0.15, -0.1) is 13.2 Å². The van der Waals surface area contributed by atoms with Crippen LogP contribution in [0.5, 0.6) is 5.75 Å². The van der Waals surface area contributed by atoms with Crippen molar-refractivity contribution in [1.82, 2.24) is 10.6 Å². The molecule has 0 saturated heterocycles. The molecule has 1 unspecified atom stereocenters. The number of allylic oxidation sites excluding steroid dienone is 2. The van der Waals surface area contributed by atoms with Crippen LogP contribution >= 0.6 is 0 Å². The number of sulfonamides is 1. The highest BCUT2D eigenvalue weighted by molar-refractivity contribution is 7.92. The number of nitrogens with one attached hydrogen (secondary N) is 2. The molecule has 0 aliphatic rings. The third-order valence-electron chi connectivity index (χ3n) is 5.80. The molecular formula is C29H41N3O7S. The van der Waals surface area contributed by atoms with Crippen molar-refractivity contribution in [1.29, 1.82) is 0 Å². The number of methoxy groups -OCH3 is 2. The Balaban J connectivity index is 0.000000603. The fraction of sp³-hybridized carbons (Fsp3) is 0.379. The Morgan fingerprint density at radius 2 is 1.73 bits per heavy atom. The average molecular weight is 576 g/mol. The fourth-order valence-corrected chi connectivity index (χ4v) is 4.03. The number of likely N-dealkylation sites (N-methyl/N-ethyl adjacent to an activating group) is 1. The SMILES string of the molecule is C=CCc1cc(C(=O)NC[C@@H](O)CC(OC)C(=O)NC)cc(N(C)S(C)(=O)=O)c1.C=CCc1cccc(OC)c1. The van der Waals surface area contributed by atoms with E-state index in [-0.39, 0.29) is 24.4 Å². The first-order chi connectivity index (χ1) is 18.9. The Labute approximate surface area is 237 Å². The summed E-state index contributed by atoms with van der Waals surface area (Å²) < 4.78 is 34.8. The van der Waals surface area contributed by atoms with Crippen LogP contribution in [0, 0.1) is 0 Å². The summed E-state index contributed by atoms with van der Waals surface area (Å²) >= 11 is 0. The van der Waals surface area contributed by atoms with E-state index in [9.17, 15) is 23.1 Å². The molecule has 2 amide bonds. The molecule has 0 aliphatic carbocycles. The quantitative estimate of drug-likeness (QED) is 0.295. The van der Waals surface area contributed by atoms with E-state index in [0.29, 0.717) is 12.1 Å². The minimum Gasteiger partial charge on any atom is -0.497 e. The standard InChI is InChI=1S/C19H29N3O6S.C10H12O/c1-6-7-13-8-14(10-15(9-13)22(3)29(5,26)27)18(24)21-12-16(23)11-17(28-4)19(25)20-2;1-3-5-9-6-4-7-10(8-9)11-2/h6,8-10,16-17,23H,1,7,11-12H2,2-5H3,(H,20,25)(H,21,24);3-4,6-8H,1,5H2,2H3/t16-,17?;/m0./s1. The number of hydrogen-bond donors (Lipinski definition) is 3. The number of anilines is 1. The summed E-state index contributed by atoms with van der Waals surface area (Å²) in [6, 6.07) is 12.8. The lowest BCUT2D eigenvalue weighted by Gasteiger charge is -2.20. The first kappa shape index (κ1) is 34.4. The minimum atomic E-state index is -3.50. The molecule has 2 rings (SSSR count). The summed E-state index contributed by atoms with van der Waals surface area (Å²) in [6.07, 6.45) is 4.13. The highest BCUT2D eigenvalue weighted by Crippen LogP contribution is 2.21. The van der Waals surface area contributed by atoms with Crippen LogP contribution < -0.4 is 19.7 Å². The van der Waals surface area contributed by atoms with Crippen molar-refractivity contribution in [2.45, 2.75) is 31.5 Å². The lowest BCUT2D eigenvalue weighted by atomic mass is 10.1. The molecule has 0 aromatic heterocycles. The molecule has 3 N–H and O–H groups in total. The average Bonchev–Trinajstić information content (AvgIpc) is 2.93. The number of rotatable bonds is 14. The van der Waals surface area contributed by atoms with Crippen molar-refractivity contribution < 1.29 is 32.6 Å². The summed E-state index contributed by atoms with van der Waals surface area (Å²) in [5.41, 5.74) is 2.55. The largest absolute Gasteiger partial charge is 0.497 e. The second kappa shape index (κ2) is 17.1. The van der Waals surface area contributed by atoms with E-state index in [1.54, 1.807) is 25.3 Å². The molecule has 11 heteroatoms. The number of aliphatic hydroxyl groups excluding tert-OH is 1. The molecule has 0 spiro atoms. The zero-order valence-electron chi connectivity index (χ0n) is 23.8. The monoisotopic (exact) mass is 575 g/mol. The maximum Gasteiger partial charge on any atom is 0.251 e. The predicted octanol–water partition coefficient (Wildman–Crippen LogP) is 2.48. The zero-order chi connectivity index (χ0) is 30.3. The van der Waals surface area contributed by atoms with E-state index < -0.39 is 28.1 Å². The number of ether oxygens (including phenoxy) is 2. The number of benzene rings is 2. The molecule has 0 radical (unpaired) electrons. The summed E-state index contributed by atoms with van der Waals surface area (Å²) in [7, 11) is 2.39. The topological polar surface area (TPSA) is 134 Å². The van der Waals surface area contributed by atoms with Crippen molar-refractivity contribution in [3.63, 3.8) is 0 Å². The number of nitrogens with zero attached hydrogens (tertiary/aromatic N) is 1. The van der Waals surface area contributed by atoms with Gasteiger partial charge in [0.15, 0.2) is 0 Å². The third kappa shape index (κ3) is 11.6. The van der Waals surface area contributed by atoms with Gasteiger partial charge in [-0.2, -0.15) is 0 Å². The van der Waals surface area contributed by atoms with Crippen LogP contribution in [-0.2, 0) is 32.4 Å². The van der Waals surface area contributed by atoms with Gasteiger partial charge in [0.2, 0.25) is 15.9 Å². The Morgan fingerprint density at radius 3 is 2.27 bits per heavy atom. The van der Waals surface area contributed by atoms with E-state index in [4.69, 9.17) is 9.47 Å². The second-order valence-corrected chi connectivity index (χ2v) is 10.9. The number of carbonyl (C=O) groups is 2. The van der Waals surface area contributed by atoms with Crippen molar-refractivity contribution in [2.75, 3.05) is 45.4 Å². The molecule has 2 aromatic carbocycles. The van der Waals surface area contributed by atoms with E-state index in [0.717, 1.165) is 28.3 Å². The van der Waals surface area contributed by atoms with Gasteiger partial charge in [-0.3, -0.25) is 13.9 Å². The van der Waals surface area contributed by atoms with Gasteiger partial charge in [-0.05, 0) is 54.3 Å². The van der Waals surface area contributed by atoms with E-state index in [2.05, 4.69) is 29.9 Å². The first-order valence-corrected chi connectivity index (χ1v) is 14.4. The molecule has 40 heavy (non-hydrogen) atoms. The number of carbonyl (C=O) groups excluding carboxylic acids is 2. The van der Waals surface area contributed by atoms with E-state index >= 15 is 0 Å². The van der Waals surface area contributed by atoms with Gasteiger partial charge in [0, 0.05) is 39.7 Å². The number of hydrogen-bond acceptors (Lipinski definition) is 7. The van der Waals surface area contributed by atoms with Crippen molar-refractivity contribution in [3.8, 4) is 5.75 Å². The molecule has 2 atom stereocenters. The molecule has 0 bridgehead atoms. The smallest absolute Gasteiger partial charge is 0.251 e. The Morgan fingerprint density at radius 1 is 1.07 bits per heavy atom. The Kier molecular flexibility index (Phi) is 14.7. The van der Waals surface area contributed by atoms with Crippen LogP contribution in [0.15, 0.2) is 67.8 Å². The molecule has 10 nitrogen and oxygen atoms in total. The lowest BCUT2D eigenvalue weighted by molar-refractivity contribution is -0.132. The summed E-state index contributed by atoms with van der Waals surface area (Å²) in [5.74, 6) is 0.0554. The van der Waals surface area contributed by atoms with Crippen LogP contribution in [0.4, 0.5) is 5.69 Å².